The Morgan fingerprint density at radius 1 is 1.07 bits per heavy atom. The molecule has 1 aromatic heterocycles. The summed E-state index contributed by atoms with van der Waals surface area (Å²) in [6, 6.07) is 16.5. The SMILES string of the molecule is CC(C)(C)c1ccc(OCCn2cc(C(=O)C3CC3)c3ccccc32)cc1. The molecule has 0 radical (unpaired) electrons. The zero-order chi connectivity index (χ0) is 19.0. The number of carbonyl (C=O) groups is 1. The third-order valence-electron chi connectivity index (χ3n) is 5.32. The summed E-state index contributed by atoms with van der Waals surface area (Å²) in [4.78, 5) is 12.6. The third kappa shape index (κ3) is 3.78. The van der Waals surface area contributed by atoms with E-state index >= 15 is 0 Å². The second-order valence-electron chi connectivity index (χ2n) is 8.51. The number of nitrogens with zero attached hydrogens (tertiary/aromatic N) is 1. The van der Waals surface area contributed by atoms with Gasteiger partial charge in [0.2, 0.25) is 0 Å². The van der Waals surface area contributed by atoms with Crippen LogP contribution in [-0.2, 0) is 12.0 Å². The van der Waals surface area contributed by atoms with Crippen LogP contribution < -0.4 is 4.74 Å². The molecule has 1 heterocycles. The summed E-state index contributed by atoms with van der Waals surface area (Å²) in [5.74, 6) is 1.42. The molecule has 3 nitrogen and oxygen atoms in total. The summed E-state index contributed by atoms with van der Waals surface area (Å²) in [7, 11) is 0. The van der Waals surface area contributed by atoms with Gasteiger partial charge in [-0.25, -0.2) is 0 Å². The number of fused-ring (bicyclic) bond motifs is 1. The molecule has 0 N–H and O–H groups in total. The van der Waals surface area contributed by atoms with E-state index in [-0.39, 0.29) is 11.3 Å². The first kappa shape index (κ1) is 17.8. The molecule has 0 unspecified atom stereocenters. The van der Waals surface area contributed by atoms with Crippen molar-refractivity contribution in [2.45, 2.75) is 45.6 Å². The van der Waals surface area contributed by atoms with Crippen LogP contribution in [0.2, 0.25) is 0 Å². The zero-order valence-electron chi connectivity index (χ0n) is 16.4. The van der Waals surface area contributed by atoms with Crippen molar-refractivity contribution in [1.29, 1.82) is 0 Å². The molecule has 1 aliphatic rings. The first-order chi connectivity index (χ1) is 12.9. The lowest BCUT2D eigenvalue weighted by atomic mass is 9.87. The van der Waals surface area contributed by atoms with Crippen LogP contribution in [0.25, 0.3) is 10.9 Å². The fourth-order valence-corrected chi connectivity index (χ4v) is 3.51. The van der Waals surface area contributed by atoms with Crippen LogP contribution in [0, 0.1) is 5.92 Å². The Kier molecular flexibility index (Phi) is 4.55. The van der Waals surface area contributed by atoms with Crippen LogP contribution in [0.5, 0.6) is 5.75 Å². The van der Waals surface area contributed by atoms with Crippen LogP contribution in [0.4, 0.5) is 0 Å². The van der Waals surface area contributed by atoms with Crippen molar-refractivity contribution in [1.82, 2.24) is 4.57 Å². The molecule has 1 saturated carbocycles. The maximum atomic E-state index is 12.6. The topological polar surface area (TPSA) is 31.2 Å². The second-order valence-corrected chi connectivity index (χ2v) is 8.51. The first-order valence-corrected chi connectivity index (χ1v) is 9.79. The number of ether oxygens (including phenoxy) is 1. The lowest BCUT2D eigenvalue weighted by molar-refractivity contribution is 0.0969. The van der Waals surface area contributed by atoms with Crippen LogP contribution in [0.15, 0.2) is 54.7 Å². The Morgan fingerprint density at radius 3 is 2.44 bits per heavy atom. The molecule has 3 aromatic rings. The molecule has 0 atom stereocenters. The van der Waals surface area contributed by atoms with E-state index in [4.69, 9.17) is 4.74 Å². The summed E-state index contributed by atoms with van der Waals surface area (Å²) in [5, 5.41) is 1.06. The highest BCUT2D eigenvalue weighted by Gasteiger charge is 2.32. The minimum absolute atomic E-state index is 0.146. The molecule has 1 fully saturated rings. The molecule has 0 spiro atoms. The van der Waals surface area contributed by atoms with Crippen molar-refractivity contribution >= 4 is 16.7 Å². The van der Waals surface area contributed by atoms with E-state index in [1.165, 1.54) is 5.56 Å². The summed E-state index contributed by atoms with van der Waals surface area (Å²) < 4.78 is 8.10. The quantitative estimate of drug-likeness (QED) is 0.534. The van der Waals surface area contributed by atoms with Gasteiger partial charge in [-0.1, -0.05) is 51.1 Å². The fraction of sp³-hybridized carbons (Fsp3) is 0.375. The predicted molar refractivity (Wildman–Crippen MR) is 110 cm³/mol. The van der Waals surface area contributed by atoms with Crippen molar-refractivity contribution in [2.24, 2.45) is 5.92 Å². The molecular formula is C24H27NO2. The monoisotopic (exact) mass is 361 g/mol. The van der Waals surface area contributed by atoms with Crippen LogP contribution in [0.1, 0.15) is 49.5 Å². The fourth-order valence-electron chi connectivity index (χ4n) is 3.51. The van der Waals surface area contributed by atoms with E-state index < -0.39 is 0 Å². The predicted octanol–water partition coefficient (Wildman–Crippen LogP) is 5.61. The van der Waals surface area contributed by atoms with Crippen molar-refractivity contribution < 1.29 is 9.53 Å². The van der Waals surface area contributed by atoms with E-state index in [0.717, 1.165) is 41.6 Å². The molecule has 3 heteroatoms. The number of aromatic nitrogens is 1. The Balaban J connectivity index is 1.47. The Hall–Kier alpha value is -2.55. The van der Waals surface area contributed by atoms with Gasteiger partial charge in [-0.15, -0.1) is 0 Å². The first-order valence-electron chi connectivity index (χ1n) is 9.79. The van der Waals surface area contributed by atoms with Gasteiger partial charge in [-0.2, -0.15) is 0 Å². The van der Waals surface area contributed by atoms with Crippen molar-refractivity contribution in [2.75, 3.05) is 6.61 Å². The van der Waals surface area contributed by atoms with Crippen LogP contribution >= 0.6 is 0 Å². The lowest BCUT2D eigenvalue weighted by Crippen LogP contribution is -2.11. The molecule has 1 aliphatic carbocycles. The Morgan fingerprint density at radius 2 is 1.78 bits per heavy atom. The van der Waals surface area contributed by atoms with Crippen LogP contribution in [-0.4, -0.2) is 17.0 Å². The van der Waals surface area contributed by atoms with Crippen molar-refractivity contribution in [3.63, 3.8) is 0 Å². The van der Waals surface area contributed by atoms with Gasteiger partial charge in [0.25, 0.3) is 0 Å². The maximum Gasteiger partial charge on any atom is 0.168 e. The van der Waals surface area contributed by atoms with E-state index in [9.17, 15) is 4.79 Å². The lowest BCUT2D eigenvalue weighted by Gasteiger charge is -2.19. The summed E-state index contributed by atoms with van der Waals surface area (Å²) in [6.45, 7) is 7.92. The zero-order valence-corrected chi connectivity index (χ0v) is 16.4. The number of Topliss-reactive ketones (excluding diaryl/α,β-unsaturated/α-hetero) is 1. The Labute approximate surface area is 161 Å². The summed E-state index contributed by atoms with van der Waals surface area (Å²) in [6.07, 6.45) is 4.08. The second kappa shape index (κ2) is 6.88. The van der Waals surface area contributed by atoms with Gasteiger partial charge in [0.05, 0.1) is 6.54 Å². The van der Waals surface area contributed by atoms with Gasteiger partial charge < -0.3 is 9.30 Å². The summed E-state index contributed by atoms with van der Waals surface area (Å²) in [5.41, 5.74) is 3.41. The van der Waals surface area contributed by atoms with Gasteiger partial charge in [0, 0.05) is 28.6 Å². The van der Waals surface area contributed by atoms with Gasteiger partial charge in [0.1, 0.15) is 12.4 Å². The number of benzene rings is 2. The number of ketones is 1. The number of carbonyl (C=O) groups excluding carboxylic acids is 1. The molecule has 0 amide bonds. The maximum absolute atomic E-state index is 12.6. The van der Waals surface area contributed by atoms with Gasteiger partial charge in [-0.3, -0.25) is 4.79 Å². The molecule has 140 valence electrons. The normalized spacial score (nSPS) is 14.5. The average molecular weight is 361 g/mol. The highest BCUT2D eigenvalue weighted by molar-refractivity contribution is 6.09. The van der Waals surface area contributed by atoms with Gasteiger partial charge >= 0.3 is 0 Å². The van der Waals surface area contributed by atoms with Gasteiger partial charge in [0.15, 0.2) is 5.78 Å². The molecular weight excluding hydrogens is 334 g/mol. The minimum atomic E-state index is 0.146. The van der Waals surface area contributed by atoms with E-state index in [0.29, 0.717) is 12.4 Å². The highest BCUT2D eigenvalue weighted by Crippen LogP contribution is 2.35. The van der Waals surface area contributed by atoms with E-state index in [1.54, 1.807) is 0 Å². The molecule has 4 rings (SSSR count). The highest BCUT2D eigenvalue weighted by atomic mass is 16.5. The van der Waals surface area contributed by atoms with Gasteiger partial charge in [-0.05, 0) is 42.0 Å². The van der Waals surface area contributed by atoms with E-state index in [2.05, 4.69) is 43.5 Å². The molecule has 27 heavy (non-hydrogen) atoms. The standard InChI is InChI=1S/C24H27NO2/c1-24(2,3)18-10-12-19(13-11-18)27-15-14-25-16-21(23(26)17-8-9-17)20-6-4-5-7-22(20)25/h4-7,10-13,16-17H,8-9,14-15H2,1-3H3. The molecule has 2 aromatic carbocycles. The van der Waals surface area contributed by atoms with Crippen LogP contribution in [0.3, 0.4) is 0 Å². The van der Waals surface area contributed by atoms with Crippen molar-refractivity contribution in [3.8, 4) is 5.75 Å². The number of hydrogen-bond acceptors (Lipinski definition) is 2. The summed E-state index contributed by atoms with van der Waals surface area (Å²) >= 11 is 0. The average Bonchev–Trinajstić information content (AvgIpc) is 3.44. The smallest absolute Gasteiger partial charge is 0.168 e. The molecule has 0 bridgehead atoms. The molecule has 0 aliphatic heterocycles. The number of hydrogen-bond donors (Lipinski definition) is 0. The molecule has 0 saturated heterocycles. The van der Waals surface area contributed by atoms with Crippen molar-refractivity contribution in [3.05, 3.63) is 65.9 Å². The third-order valence-corrected chi connectivity index (χ3v) is 5.32. The number of para-hydroxylation sites is 1. The van der Waals surface area contributed by atoms with E-state index in [1.807, 2.05) is 36.5 Å². The largest absolute Gasteiger partial charge is 0.492 e. The number of rotatable bonds is 6. The minimum Gasteiger partial charge on any atom is -0.492 e. The Bertz CT molecular complexity index is 956.